The third-order valence-electron chi connectivity index (χ3n) is 3.91. The molecule has 5 heteroatoms. The number of anilines is 2. The van der Waals surface area contributed by atoms with Crippen molar-refractivity contribution < 1.29 is 0 Å². The molecule has 1 aromatic heterocycles. The van der Waals surface area contributed by atoms with Gasteiger partial charge in [0.2, 0.25) is 5.13 Å². The van der Waals surface area contributed by atoms with Crippen LogP contribution in [-0.2, 0) is 0 Å². The number of nitrogens with zero attached hydrogens (tertiary/aromatic N) is 2. The maximum Gasteiger partial charge on any atom is 0.205 e. The normalized spacial score (nSPS) is 11.2. The lowest BCUT2D eigenvalue weighted by Gasteiger charge is -2.07. The second-order valence-electron chi connectivity index (χ2n) is 5.60. The van der Waals surface area contributed by atoms with E-state index in [1.54, 1.807) is 11.6 Å². The van der Waals surface area contributed by atoms with Crippen molar-refractivity contribution in [2.24, 2.45) is 5.10 Å². The van der Waals surface area contributed by atoms with Crippen LogP contribution in [-0.4, -0.2) is 11.2 Å². The van der Waals surface area contributed by atoms with Crippen LogP contribution in [0.1, 0.15) is 5.56 Å². The second-order valence-corrected chi connectivity index (χ2v) is 6.45. The molecule has 4 rings (SSSR count). The summed E-state index contributed by atoms with van der Waals surface area (Å²) >= 11 is 1.42. The van der Waals surface area contributed by atoms with E-state index in [9.17, 15) is 0 Å². The number of rotatable bonds is 4. The molecule has 0 amide bonds. The fourth-order valence-electron chi connectivity index (χ4n) is 2.73. The molecule has 0 radical (unpaired) electrons. The SMILES string of the molecule is Nc1csc(NN=Cc2ccc(-c3cccc4ccccc34)cc2)n1. The number of nitrogen functional groups attached to an aromatic ring is 1. The van der Waals surface area contributed by atoms with E-state index in [4.69, 9.17) is 5.73 Å². The molecule has 0 bridgehead atoms. The molecule has 25 heavy (non-hydrogen) atoms. The maximum absolute atomic E-state index is 5.58. The van der Waals surface area contributed by atoms with Gasteiger partial charge in [-0.25, -0.2) is 4.98 Å². The van der Waals surface area contributed by atoms with E-state index >= 15 is 0 Å². The van der Waals surface area contributed by atoms with Gasteiger partial charge in [0.05, 0.1) is 6.21 Å². The first-order valence-electron chi connectivity index (χ1n) is 7.88. The average Bonchev–Trinajstić information content (AvgIpc) is 3.07. The summed E-state index contributed by atoms with van der Waals surface area (Å²) in [5.74, 6) is 0.502. The van der Waals surface area contributed by atoms with E-state index < -0.39 is 0 Å². The van der Waals surface area contributed by atoms with E-state index in [1.807, 2.05) is 0 Å². The Kier molecular flexibility index (Phi) is 4.14. The summed E-state index contributed by atoms with van der Waals surface area (Å²) in [5, 5.41) is 9.16. The van der Waals surface area contributed by atoms with Gasteiger partial charge in [-0.05, 0) is 27.5 Å². The van der Waals surface area contributed by atoms with Crippen LogP contribution >= 0.6 is 11.3 Å². The molecule has 3 N–H and O–H groups in total. The van der Waals surface area contributed by atoms with Crippen LogP contribution in [0, 0.1) is 0 Å². The minimum absolute atomic E-state index is 0.502. The highest BCUT2D eigenvalue weighted by Gasteiger charge is 2.03. The summed E-state index contributed by atoms with van der Waals surface area (Å²) < 4.78 is 0. The smallest absolute Gasteiger partial charge is 0.205 e. The molecular weight excluding hydrogens is 328 g/mol. The van der Waals surface area contributed by atoms with Crippen molar-refractivity contribution in [3.8, 4) is 11.1 Å². The first-order chi connectivity index (χ1) is 12.3. The van der Waals surface area contributed by atoms with E-state index in [2.05, 4.69) is 82.2 Å². The number of fused-ring (bicyclic) bond motifs is 1. The number of nitrogens with one attached hydrogen (secondary N) is 1. The highest BCUT2D eigenvalue weighted by Crippen LogP contribution is 2.28. The standard InChI is InChI=1S/C20H16N4S/c21-19-13-25-20(23-19)24-22-12-14-8-10-16(11-9-14)18-7-3-5-15-4-1-2-6-17(15)18/h1-13H,21H2,(H,23,24). The zero-order valence-electron chi connectivity index (χ0n) is 13.4. The number of thiazole rings is 1. The highest BCUT2D eigenvalue weighted by molar-refractivity contribution is 7.14. The van der Waals surface area contributed by atoms with E-state index in [0.29, 0.717) is 10.9 Å². The monoisotopic (exact) mass is 344 g/mol. The van der Waals surface area contributed by atoms with Gasteiger partial charge >= 0.3 is 0 Å². The summed E-state index contributed by atoms with van der Waals surface area (Å²) in [5.41, 5.74) is 11.9. The van der Waals surface area contributed by atoms with Crippen molar-refractivity contribution in [1.29, 1.82) is 0 Å². The molecule has 0 atom stereocenters. The Hall–Kier alpha value is -3.18. The first kappa shape index (κ1) is 15.4. The first-order valence-corrected chi connectivity index (χ1v) is 8.76. The summed E-state index contributed by atoms with van der Waals surface area (Å²) in [6.07, 6.45) is 1.77. The summed E-state index contributed by atoms with van der Waals surface area (Å²) in [4.78, 5) is 4.10. The van der Waals surface area contributed by atoms with Crippen LogP contribution in [0.5, 0.6) is 0 Å². The molecular formula is C20H16N4S. The average molecular weight is 344 g/mol. The fourth-order valence-corrected chi connectivity index (χ4v) is 3.27. The predicted octanol–water partition coefficient (Wildman–Crippen LogP) is 4.99. The molecule has 1 heterocycles. The molecule has 4 nitrogen and oxygen atoms in total. The Morgan fingerprint density at radius 3 is 2.56 bits per heavy atom. The Labute approximate surface area is 149 Å². The topological polar surface area (TPSA) is 63.3 Å². The molecule has 0 fully saturated rings. The summed E-state index contributed by atoms with van der Waals surface area (Å²) in [7, 11) is 0. The van der Waals surface area contributed by atoms with Crippen LogP contribution in [0.15, 0.2) is 77.2 Å². The zero-order chi connectivity index (χ0) is 17.1. The number of hydrazone groups is 1. The van der Waals surface area contributed by atoms with Gasteiger partial charge < -0.3 is 5.73 Å². The molecule has 122 valence electrons. The van der Waals surface area contributed by atoms with Crippen LogP contribution in [0.2, 0.25) is 0 Å². The number of nitrogens with two attached hydrogens (primary N) is 1. The maximum atomic E-state index is 5.58. The van der Waals surface area contributed by atoms with Crippen LogP contribution in [0.3, 0.4) is 0 Å². The Morgan fingerprint density at radius 2 is 1.76 bits per heavy atom. The molecule has 0 saturated carbocycles. The zero-order valence-corrected chi connectivity index (χ0v) is 14.2. The van der Waals surface area contributed by atoms with Crippen molar-refractivity contribution in [2.75, 3.05) is 11.2 Å². The Balaban J connectivity index is 1.55. The number of benzene rings is 3. The van der Waals surface area contributed by atoms with Gasteiger partial charge in [0.1, 0.15) is 5.82 Å². The molecule has 4 aromatic rings. The van der Waals surface area contributed by atoms with Crippen LogP contribution in [0.25, 0.3) is 21.9 Å². The van der Waals surface area contributed by atoms with Crippen molar-refractivity contribution in [2.45, 2.75) is 0 Å². The largest absolute Gasteiger partial charge is 0.383 e. The highest BCUT2D eigenvalue weighted by atomic mass is 32.1. The van der Waals surface area contributed by atoms with Gasteiger partial charge in [-0.1, -0.05) is 66.7 Å². The molecule has 3 aromatic carbocycles. The molecule has 0 aliphatic rings. The number of hydrogen-bond donors (Lipinski definition) is 2. The molecule has 0 aliphatic heterocycles. The van der Waals surface area contributed by atoms with Gasteiger partial charge in [-0.3, -0.25) is 5.43 Å². The lowest BCUT2D eigenvalue weighted by molar-refractivity contribution is 1.29. The molecule has 0 saturated heterocycles. The van der Waals surface area contributed by atoms with E-state index in [0.717, 1.165) is 5.56 Å². The quantitative estimate of drug-likeness (QED) is 0.405. The van der Waals surface area contributed by atoms with Crippen molar-refractivity contribution in [1.82, 2.24) is 4.98 Å². The van der Waals surface area contributed by atoms with Crippen molar-refractivity contribution >= 4 is 39.3 Å². The summed E-state index contributed by atoms with van der Waals surface area (Å²) in [6, 6.07) is 23.2. The summed E-state index contributed by atoms with van der Waals surface area (Å²) in [6.45, 7) is 0. The molecule has 0 spiro atoms. The van der Waals surface area contributed by atoms with Crippen molar-refractivity contribution in [3.05, 3.63) is 77.7 Å². The van der Waals surface area contributed by atoms with Gasteiger partial charge in [0.15, 0.2) is 0 Å². The third-order valence-corrected chi connectivity index (χ3v) is 4.67. The minimum Gasteiger partial charge on any atom is -0.383 e. The lowest BCUT2D eigenvalue weighted by atomic mass is 9.98. The van der Waals surface area contributed by atoms with E-state index in [-0.39, 0.29) is 0 Å². The second kappa shape index (κ2) is 6.75. The molecule has 0 aliphatic carbocycles. The number of aromatic nitrogens is 1. The van der Waals surface area contributed by atoms with Gasteiger partial charge in [0.25, 0.3) is 0 Å². The van der Waals surface area contributed by atoms with Gasteiger partial charge in [-0.15, -0.1) is 11.3 Å². The minimum atomic E-state index is 0.502. The van der Waals surface area contributed by atoms with Crippen LogP contribution in [0.4, 0.5) is 10.9 Å². The molecule has 0 unspecified atom stereocenters. The third kappa shape index (κ3) is 3.36. The fraction of sp³-hybridized carbons (Fsp3) is 0. The lowest BCUT2D eigenvalue weighted by Crippen LogP contribution is -1.91. The van der Waals surface area contributed by atoms with E-state index in [1.165, 1.54) is 33.2 Å². The predicted molar refractivity (Wildman–Crippen MR) is 107 cm³/mol. The Bertz CT molecular complexity index is 1030. The van der Waals surface area contributed by atoms with Crippen LogP contribution < -0.4 is 11.2 Å². The Morgan fingerprint density at radius 1 is 0.960 bits per heavy atom. The van der Waals surface area contributed by atoms with Gasteiger partial charge in [0, 0.05) is 5.38 Å². The van der Waals surface area contributed by atoms with Gasteiger partial charge in [-0.2, -0.15) is 5.10 Å². The number of hydrogen-bond acceptors (Lipinski definition) is 5. The van der Waals surface area contributed by atoms with Crippen molar-refractivity contribution in [3.63, 3.8) is 0 Å².